The van der Waals surface area contributed by atoms with Crippen molar-refractivity contribution in [3.8, 4) is 5.75 Å². The van der Waals surface area contributed by atoms with Gasteiger partial charge in [0.1, 0.15) is 18.2 Å². The maximum Gasteiger partial charge on any atom is 0.309 e. The zero-order valence-electron chi connectivity index (χ0n) is 19.7. The summed E-state index contributed by atoms with van der Waals surface area (Å²) >= 11 is 0. The van der Waals surface area contributed by atoms with E-state index in [-0.39, 0.29) is 18.4 Å². The van der Waals surface area contributed by atoms with Crippen LogP contribution in [0.5, 0.6) is 5.75 Å². The summed E-state index contributed by atoms with van der Waals surface area (Å²) < 4.78 is 24.0. The lowest BCUT2D eigenvalue weighted by Gasteiger charge is -2.31. The molecule has 3 aromatic carbocycles. The Morgan fingerprint density at radius 1 is 0.889 bits per heavy atom. The van der Waals surface area contributed by atoms with E-state index in [1.54, 1.807) is 29.2 Å². The van der Waals surface area contributed by atoms with Gasteiger partial charge in [-0.25, -0.2) is 4.39 Å². The Bertz CT molecular complexity index is 1170. The highest BCUT2D eigenvalue weighted by Gasteiger charge is 2.29. The van der Waals surface area contributed by atoms with Crippen LogP contribution in [0.3, 0.4) is 0 Å². The zero-order chi connectivity index (χ0) is 25.3. The van der Waals surface area contributed by atoms with Gasteiger partial charge in [0.05, 0.1) is 5.92 Å². The van der Waals surface area contributed by atoms with Crippen LogP contribution in [-0.2, 0) is 20.9 Å². The van der Waals surface area contributed by atoms with Gasteiger partial charge in [-0.2, -0.15) is 0 Å². The maximum atomic E-state index is 13.1. The number of nitrogens with one attached hydrogen (secondary N) is 1. The van der Waals surface area contributed by atoms with Crippen LogP contribution in [0.4, 0.5) is 10.1 Å². The molecule has 1 heterocycles. The summed E-state index contributed by atoms with van der Waals surface area (Å²) in [5, 5.41) is 2.69. The number of halogens is 1. The van der Waals surface area contributed by atoms with E-state index >= 15 is 0 Å². The minimum atomic E-state index is -0.455. The van der Waals surface area contributed by atoms with Crippen LogP contribution >= 0.6 is 0 Å². The largest absolute Gasteiger partial charge is 0.489 e. The molecule has 1 aliphatic heterocycles. The summed E-state index contributed by atoms with van der Waals surface area (Å²) in [6.45, 7) is 0.837. The number of hydrogen-bond donors (Lipinski definition) is 1. The summed E-state index contributed by atoms with van der Waals surface area (Å²) in [4.78, 5) is 38.8. The molecule has 186 valence electrons. The number of piperidine rings is 1. The molecular formula is C28H27FN2O5. The first-order valence-corrected chi connectivity index (χ1v) is 11.8. The van der Waals surface area contributed by atoms with Gasteiger partial charge in [0, 0.05) is 24.3 Å². The van der Waals surface area contributed by atoms with Crippen molar-refractivity contribution in [1.82, 2.24) is 4.90 Å². The number of hydrogen-bond acceptors (Lipinski definition) is 5. The topological polar surface area (TPSA) is 84.9 Å². The van der Waals surface area contributed by atoms with Crippen molar-refractivity contribution < 1.29 is 28.2 Å². The fourth-order valence-electron chi connectivity index (χ4n) is 3.92. The van der Waals surface area contributed by atoms with Gasteiger partial charge in [0.15, 0.2) is 6.61 Å². The van der Waals surface area contributed by atoms with Gasteiger partial charge in [-0.05, 0) is 66.9 Å². The molecule has 1 fully saturated rings. The van der Waals surface area contributed by atoms with Gasteiger partial charge in [-0.15, -0.1) is 0 Å². The number of esters is 1. The maximum absolute atomic E-state index is 13.1. The molecule has 7 nitrogen and oxygen atoms in total. The summed E-state index contributed by atoms with van der Waals surface area (Å²) in [5.41, 5.74) is 2.03. The van der Waals surface area contributed by atoms with Gasteiger partial charge >= 0.3 is 5.97 Å². The second-order valence-corrected chi connectivity index (χ2v) is 8.53. The number of carbonyl (C=O) groups excluding carboxylic acids is 3. The van der Waals surface area contributed by atoms with Crippen molar-refractivity contribution in [2.24, 2.45) is 5.92 Å². The van der Waals surface area contributed by atoms with E-state index in [2.05, 4.69) is 5.32 Å². The normalized spacial score (nSPS) is 13.6. The Morgan fingerprint density at radius 3 is 2.22 bits per heavy atom. The van der Waals surface area contributed by atoms with Crippen molar-refractivity contribution >= 4 is 23.5 Å². The van der Waals surface area contributed by atoms with Crippen molar-refractivity contribution in [3.05, 3.63) is 95.8 Å². The predicted molar refractivity (Wildman–Crippen MR) is 132 cm³/mol. The lowest BCUT2D eigenvalue weighted by atomic mass is 9.96. The summed E-state index contributed by atoms with van der Waals surface area (Å²) in [6.07, 6.45) is 0.885. The number of amides is 2. The van der Waals surface area contributed by atoms with Crippen LogP contribution in [0.15, 0.2) is 78.9 Å². The van der Waals surface area contributed by atoms with Crippen molar-refractivity contribution in [1.29, 1.82) is 0 Å². The van der Waals surface area contributed by atoms with Crippen molar-refractivity contribution in [3.63, 3.8) is 0 Å². The Morgan fingerprint density at radius 2 is 1.56 bits per heavy atom. The molecule has 0 spiro atoms. The quantitative estimate of drug-likeness (QED) is 0.472. The van der Waals surface area contributed by atoms with Gasteiger partial charge in [0.25, 0.3) is 11.8 Å². The second kappa shape index (κ2) is 12.0. The first-order valence-electron chi connectivity index (χ1n) is 11.8. The van der Waals surface area contributed by atoms with E-state index in [0.717, 1.165) is 5.56 Å². The van der Waals surface area contributed by atoms with Crippen LogP contribution in [0.25, 0.3) is 0 Å². The monoisotopic (exact) mass is 490 g/mol. The van der Waals surface area contributed by atoms with Crippen LogP contribution in [0.1, 0.15) is 28.8 Å². The van der Waals surface area contributed by atoms with E-state index in [1.807, 2.05) is 30.3 Å². The Hall–Kier alpha value is -4.20. The minimum absolute atomic E-state index is 0.197. The number of nitrogens with zero attached hydrogens (tertiary/aromatic N) is 1. The molecule has 0 bridgehead atoms. The van der Waals surface area contributed by atoms with Gasteiger partial charge in [-0.3, -0.25) is 14.4 Å². The minimum Gasteiger partial charge on any atom is -0.489 e. The molecule has 3 aromatic rings. The molecule has 0 atom stereocenters. The van der Waals surface area contributed by atoms with E-state index in [0.29, 0.717) is 49.5 Å². The van der Waals surface area contributed by atoms with Crippen molar-refractivity contribution in [2.45, 2.75) is 19.4 Å². The third-order valence-corrected chi connectivity index (χ3v) is 5.94. The number of likely N-dealkylation sites (tertiary alicyclic amines) is 1. The number of benzene rings is 3. The highest BCUT2D eigenvalue weighted by atomic mass is 19.1. The van der Waals surface area contributed by atoms with E-state index < -0.39 is 17.7 Å². The van der Waals surface area contributed by atoms with Gasteiger partial charge in [0.2, 0.25) is 0 Å². The molecule has 0 saturated carbocycles. The van der Waals surface area contributed by atoms with Gasteiger partial charge < -0.3 is 19.7 Å². The number of ether oxygens (including phenoxy) is 2. The zero-order valence-corrected chi connectivity index (χ0v) is 19.7. The lowest BCUT2D eigenvalue weighted by Crippen LogP contribution is -2.41. The predicted octanol–water partition coefficient (Wildman–Crippen LogP) is 4.44. The van der Waals surface area contributed by atoms with E-state index in [1.165, 1.54) is 24.3 Å². The highest BCUT2D eigenvalue weighted by Crippen LogP contribution is 2.21. The molecule has 0 radical (unpaired) electrons. The summed E-state index contributed by atoms with van der Waals surface area (Å²) in [5.74, 6) is -1.20. The SMILES string of the molecule is O=C(COC(=O)C1CCN(C(=O)c2ccc(F)cc2)CC1)Nc1ccc(OCc2ccccc2)cc1. The molecule has 0 unspecified atom stereocenters. The van der Waals surface area contributed by atoms with Crippen LogP contribution < -0.4 is 10.1 Å². The molecule has 1 saturated heterocycles. The lowest BCUT2D eigenvalue weighted by molar-refractivity contribution is -0.152. The number of anilines is 1. The van der Waals surface area contributed by atoms with Crippen LogP contribution in [0, 0.1) is 11.7 Å². The number of rotatable bonds is 8. The summed E-state index contributed by atoms with van der Waals surface area (Å²) in [6, 6.07) is 22.1. The molecule has 2 amide bonds. The first kappa shape index (κ1) is 24.9. The Balaban J connectivity index is 1.16. The Kier molecular flexibility index (Phi) is 8.28. The fourth-order valence-corrected chi connectivity index (χ4v) is 3.92. The average Bonchev–Trinajstić information content (AvgIpc) is 2.92. The molecule has 4 rings (SSSR count). The molecule has 8 heteroatoms. The van der Waals surface area contributed by atoms with Crippen LogP contribution in [0.2, 0.25) is 0 Å². The molecular weight excluding hydrogens is 463 g/mol. The third-order valence-electron chi connectivity index (χ3n) is 5.94. The number of carbonyl (C=O) groups is 3. The summed E-state index contributed by atoms with van der Waals surface area (Å²) in [7, 11) is 0. The molecule has 1 aliphatic rings. The van der Waals surface area contributed by atoms with Crippen molar-refractivity contribution in [2.75, 3.05) is 25.0 Å². The molecule has 1 N–H and O–H groups in total. The van der Waals surface area contributed by atoms with E-state index in [4.69, 9.17) is 9.47 Å². The third kappa shape index (κ3) is 6.91. The van der Waals surface area contributed by atoms with Gasteiger partial charge in [-0.1, -0.05) is 30.3 Å². The fraction of sp³-hybridized carbons (Fsp3) is 0.250. The standard InChI is InChI=1S/C28H27FN2O5/c29-23-8-6-21(7-9-23)27(33)31-16-14-22(15-17-31)28(34)36-19-26(32)30-24-10-12-25(13-11-24)35-18-20-4-2-1-3-5-20/h1-13,22H,14-19H2,(H,30,32). The smallest absolute Gasteiger partial charge is 0.309 e. The second-order valence-electron chi connectivity index (χ2n) is 8.53. The Labute approximate surface area is 208 Å². The molecule has 36 heavy (non-hydrogen) atoms. The van der Waals surface area contributed by atoms with E-state index in [9.17, 15) is 18.8 Å². The first-order chi connectivity index (χ1) is 17.5. The molecule has 0 aromatic heterocycles. The van der Waals surface area contributed by atoms with Crippen LogP contribution in [-0.4, -0.2) is 42.4 Å². The highest BCUT2D eigenvalue weighted by molar-refractivity contribution is 5.94. The average molecular weight is 491 g/mol. The molecule has 0 aliphatic carbocycles.